The molecule has 0 aliphatic heterocycles. The molecule has 0 aliphatic rings. The number of aromatic nitrogens is 1. The van der Waals surface area contributed by atoms with Crippen molar-refractivity contribution in [3.8, 4) is 10.6 Å². The summed E-state index contributed by atoms with van der Waals surface area (Å²) < 4.78 is 1.15. The number of nitrogen functional groups attached to an aromatic ring is 1. The zero-order valence-electron chi connectivity index (χ0n) is 10.4. The van der Waals surface area contributed by atoms with Crippen molar-refractivity contribution in [2.24, 2.45) is 0 Å². The molecule has 0 aliphatic carbocycles. The van der Waals surface area contributed by atoms with Gasteiger partial charge in [0, 0.05) is 11.3 Å². The summed E-state index contributed by atoms with van der Waals surface area (Å²) >= 11 is 1.70. The number of benzene rings is 2. The van der Waals surface area contributed by atoms with Crippen molar-refractivity contribution < 1.29 is 0 Å². The van der Waals surface area contributed by atoms with Gasteiger partial charge in [0.25, 0.3) is 0 Å². The highest BCUT2D eigenvalue weighted by atomic mass is 32.1. The van der Waals surface area contributed by atoms with Crippen LogP contribution >= 0.6 is 11.3 Å². The van der Waals surface area contributed by atoms with Crippen LogP contribution in [0.4, 0.5) is 5.69 Å². The zero-order valence-corrected chi connectivity index (χ0v) is 11.2. The normalized spacial score (nSPS) is 11.0. The van der Waals surface area contributed by atoms with Gasteiger partial charge in [-0.25, -0.2) is 4.98 Å². The van der Waals surface area contributed by atoms with Crippen molar-refractivity contribution in [2.75, 3.05) is 5.73 Å². The van der Waals surface area contributed by atoms with Gasteiger partial charge in [-0.15, -0.1) is 11.3 Å². The SMILES string of the molecule is Cc1cccc(C)c1-c1nc2ccc(N)cc2s1. The number of aryl methyl sites for hydroxylation is 2. The summed E-state index contributed by atoms with van der Waals surface area (Å²) in [6.45, 7) is 4.26. The quantitative estimate of drug-likeness (QED) is 0.662. The molecule has 3 rings (SSSR count). The summed E-state index contributed by atoms with van der Waals surface area (Å²) in [5.74, 6) is 0. The largest absolute Gasteiger partial charge is 0.399 e. The molecular formula is C15H14N2S. The highest BCUT2D eigenvalue weighted by Gasteiger charge is 2.10. The van der Waals surface area contributed by atoms with Gasteiger partial charge in [0.15, 0.2) is 0 Å². The third kappa shape index (κ3) is 1.77. The first-order valence-corrected chi connectivity index (χ1v) is 6.69. The Hall–Kier alpha value is -1.87. The van der Waals surface area contributed by atoms with Crippen LogP contribution in [0.1, 0.15) is 11.1 Å². The van der Waals surface area contributed by atoms with E-state index in [1.807, 2.05) is 18.2 Å². The molecule has 0 fully saturated rings. The summed E-state index contributed by atoms with van der Waals surface area (Å²) in [6, 6.07) is 12.2. The summed E-state index contributed by atoms with van der Waals surface area (Å²) in [6.07, 6.45) is 0. The average molecular weight is 254 g/mol. The van der Waals surface area contributed by atoms with E-state index in [-0.39, 0.29) is 0 Å². The first-order valence-electron chi connectivity index (χ1n) is 5.88. The molecule has 0 amide bonds. The Balaban J connectivity index is 2.26. The minimum atomic E-state index is 0.791. The Morgan fingerprint density at radius 3 is 2.50 bits per heavy atom. The maximum absolute atomic E-state index is 5.81. The van der Waals surface area contributed by atoms with E-state index >= 15 is 0 Å². The van der Waals surface area contributed by atoms with Crippen LogP contribution in [0.2, 0.25) is 0 Å². The molecule has 2 aromatic carbocycles. The molecule has 2 N–H and O–H groups in total. The molecule has 1 heterocycles. The van der Waals surface area contributed by atoms with Crippen LogP contribution in [-0.2, 0) is 0 Å². The minimum absolute atomic E-state index is 0.791. The highest BCUT2D eigenvalue weighted by Crippen LogP contribution is 2.34. The van der Waals surface area contributed by atoms with Gasteiger partial charge in [0.1, 0.15) is 5.01 Å². The Labute approximate surface area is 110 Å². The summed E-state index contributed by atoms with van der Waals surface area (Å²) in [4.78, 5) is 4.71. The monoisotopic (exact) mass is 254 g/mol. The summed E-state index contributed by atoms with van der Waals surface area (Å²) in [7, 11) is 0. The van der Waals surface area contributed by atoms with Gasteiger partial charge in [-0.1, -0.05) is 18.2 Å². The second-order valence-electron chi connectivity index (χ2n) is 4.51. The predicted molar refractivity (Wildman–Crippen MR) is 78.9 cm³/mol. The van der Waals surface area contributed by atoms with Gasteiger partial charge in [0.2, 0.25) is 0 Å². The number of nitrogens with zero attached hydrogens (tertiary/aromatic N) is 1. The third-order valence-corrected chi connectivity index (χ3v) is 4.14. The zero-order chi connectivity index (χ0) is 12.7. The van der Waals surface area contributed by atoms with Crippen LogP contribution in [0.25, 0.3) is 20.8 Å². The number of thiazole rings is 1. The molecule has 0 bridgehead atoms. The van der Waals surface area contributed by atoms with Crippen LogP contribution in [0.15, 0.2) is 36.4 Å². The minimum Gasteiger partial charge on any atom is -0.399 e. The van der Waals surface area contributed by atoms with Crippen LogP contribution in [0, 0.1) is 13.8 Å². The lowest BCUT2D eigenvalue weighted by Crippen LogP contribution is -1.86. The van der Waals surface area contributed by atoms with Crippen molar-refractivity contribution in [3.05, 3.63) is 47.5 Å². The van der Waals surface area contributed by atoms with E-state index in [9.17, 15) is 0 Å². The molecule has 0 unspecified atom stereocenters. The van der Waals surface area contributed by atoms with Crippen molar-refractivity contribution in [1.29, 1.82) is 0 Å². The lowest BCUT2D eigenvalue weighted by Gasteiger charge is -2.05. The molecule has 0 saturated carbocycles. The number of fused-ring (bicyclic) bond motifs is 1. The first-order chi connectivity index (χ1) is 8.65. The lowest BCUT2D eigenvalue weighted by molar-refractivity contribution is 1.35. The van der Waals surface area contributed by atoms with Crippen molar-refractivity contribution in [3.63, 3.8) is 0 Å². The van der Waals surface area contributed by atoms with Gasteiger partial charge in [-0.3, -0.25) is 0 Å². The van der Waals surface area contributed by atoms with Gasteiger partial charge in [-0.05, 0) is 43.2 Å². The fourth-order valence-corrected chi connectivity index (χ4v) is 3.39. The van der Waals surface area contributed by atoms with E-state index in [4.69, 9.17) is 10.7 Å². The van der Waals surface area contributed by atoms with E-state index in [0.717, 1.165) is 20.9 Å². The molecule has 0 radical (unpaired) electrons. The molecule has 3 aromatic rings. The number of nitrogens with two attached hydrogens (primary N) is 1. The molecule has 3 heteroatoms. The van der Waals surface area contributed by atoms with E-state index in [1.165, 1.54) is 16.7 Å². The molecule has 0 spiro atoms. The maximum Gasteiger partial charge on any atom is 0.125 e. The number of anilines is 1. The van der Waals surface area contributed by atoms with Crippen LogP contribution in [0.5, 0.6) is 0 Å². The van der Waals surface area contributed by atoms with Crippen LogP contribution in [0.3, 0.4) is 0 Å². The van der Waals surface area contributed by atoms with Crippen LogP contribution < -0.4 is 5.73 Å². The second kappa shape index (κ2) is 4.10. The number of hydrogen-bond acceptors (Lipinski definition) is 3. The smallest absolute Gasteiger partial charge is 0.125 e. The second-order valence-corrected chi connectivity index (χ2v) is 5.54. The fourth-order valence-electron chi connectivity index (χ4n) is 2.20. The Kier molecular flexibility index (Phi) is 2.56. The van der Waals surface area contributed by atoms with Gasteiger partial charge < -0.3 is 5.73 Å². The molecule has 2 nitrogen and oxygen atoms in total. The van der Waals surface area contributed by atoms with E-state index in [0.29, 0.717) is 0 Å². The Morgan fingerprint density at radius 1 is 1.06 bits per heavy atom. The maximum atomic E-state index is 5.81. The molecular weight excluding hydrogens is 240 g/mol. The molecule has 1 aromatic heterocycles. The summed E-state index contributed by atoms with van der Waals surface area (Å²) in [5, 5.41) is 1.08. The summed E-state index contributed by atoms with van der Waals surface area (Å²) in [5.41, 5.74) is 11.4. The molecule has 18 heavy (non-hydrogen) atoms. The van der Waals surface area contributed by atoms with E-state index in [2.05, 4.69) is 32.0 Å². The Bertz CT molecular complexity index is 708. The third-order valence-electron chi connectivity index (χ3n) is 3.11. The van der Waals surface area contributed by atoms with Crippen molar-refractivity contribution >= 4 is 27.2 Å². The fraction of sp³-hybridized carbons (Fsp3) is 0.133. The van der Waals surface area contributed by atoms with Crippen molar-refractivity contribution in [1.82, 2.24) is 4.98 Å². The number of rotatable bonds is 1. The van der Waals surface area contributed by atoms with Gasteiger partial charge in [-0.2, -0.15) is 0 Å². The topological polar surface area (TPSA) is 38.9 Å². The predicted octanol–water partition coefficient (Wildman–Crippen LogP) is 4.16. The van der Waals surface area contributed by atoms with E-state index in [1.54, 1.807) is 11.3 Å². The standard InChI is InChI=1S/C15H14N2S/c1-9-4-3-5-10(2)14(9)15-17-12-7-6-11(16)8-13(12)18-15/h3-8H,16H2,1-2H3. The van der Waals surface area contributed by atoms with Crippen molar-refractivity contribution in [2.45, 2.75) is 13.8 Å². The molecule has 0 atom stereocenters. The van der Waals surface area contributed by atoms with Gasteiger partial charge in [0.05, 0.1) is 10.2 Å². The molecule has 0 saturated heterocycles. The first kappa shape index (κ1) is 11.2. The lowest BCUT2D eigenvalue weighted by atomic mass is 10.0. The highest BCUT2D eigenvalue weighted by molar-refractivity contribution is 7.21. The Morgan fingerprint density at radius 2 is 1.78 bits per heavy atom. The number of hydrogen-bond donors (Lipinski definition) is 1. The average Bonchev–Trinajstić information content (AvgIpc) is 2.71. The van der Waals surface area contributed by atoms with Crippen LogP contribution in [-0.4, -0.2) is 4.98 Å². The molecule has 90 valence electrons. The van der Waals surface area contributed by atoms with Gasteiger partial charge >= 0.3 is 0 Å². The van der Waals surface area contributed by atoms with E-state index < -0.39 is 0 Å².